The molecule has 0 amide bonds. The first-order valence-electron chi connectivity index (χ1n) is 9.31. The molecular weight excluding hydrogens is 447 g/mol. The van der Waals surface area contributed by atoms with E-state index in [0.29, 0.717) is 0 Å². The molecule has 7 rings (SSSR count). The third kappa shape index (κ3) is 4.29. The predicted molar refractivity (Wildman–Crippen MR) is 105 cm³/mol. The van der Waals surface area contributed by atoms with Crippen LogP contribution in [0.5, 0.6) is 11.5 Å². The van der Waals surface area contributed by atoms with Gasteiger partial charge in [-0.3, -0.25) is 0 Å². The summed E-state index contributed by atoms with van der Waals surface area (Å²) in [6.45, 7) is 0. The number of ether oxygens (including phenoxy) is 2. The van der Waals surface area contributed by atoms with Crippen LogP contribution in [0.15, 0.2) is 60.7 Å². The van der Waals surface area contributed by atoms with E-state index in [0.717, 1.165) is 37.2 Å². The minimum atomic E-state index is -0.233. The van der Waals surface area contributed by atoms with Crippen molar-refractivity contribution in [2.45, 2.75) is 25.7 Å². The van der Waals surface area contributed by atoms with Gasteiger partial charge in [-0.1, -0.05) is 0 Å². The van der Waals surface area contributed by atoms with Crippen LogP contribution in [0.2, 0.25) is 0 Å². The normalized spacial score (nSPS) is 13.3. The van der Waals surface area contributed by atoms with Gasteiger partial charge < -0.3 is 0 Å². The van der Waals surface area contributed by atoms with Crippen molar-refractivity contribution in [3.05, 3.63) is 90.1 Å². The van der Waals surface area contributed by atoms with E-state index in [-0.39, 0.29) is 21.2 Å². The Labute approximate surface area is 171 Å². The van der Waals surface area contributed by atoms with E-state index < -0.39 is 0 Å². The molecule has 4 bridgehead atoms. The van der Waals surface area contributed by atoms with Crippen molar-refractivity contribution in [2.75, 3.05) is 14.2 Å². The first-order chi connectivity index (χ1) is 13.2. The van der Waals surface area contributed by atoms with Crippen LogP contribution in [0.25, 0.3) is 0 Å². The van der Waals surface area contributed by atoms with Crippen LogP contribution in [-0.2, 0) is 25.7 Å². The molecule has 140 valence electrons. The molecule has 0 saturated heterocycles. The van der Waals surface area contributed by atoms with E-state index in [2.05, 4.69) is 60.7 Å². The van der Waals surface area contributed by atoms with E-state index >= 15 is 0 Å². The maximum atomic E-state index is 5.74. The predicted octanol–water partition coefficient (Wildman–Crippen LogP) is 1.72. The molecule has 3 heteroatoms. The number of benzene rings is 3. The van der Waals surface area contributed by atoms with Crippen molar-refractivity contribution in [2.24, 2.45) is 0 Å². The summed E-state index contributed by atoms with van der Waals surface area (Å²) in [7, 11) is 3.51. The second kappa shape index (κ2) is 8.34. The molecule has 0 aliphatic heterocycles. The third-order valence-electron chi connectivity index (χ3n) is 5.10. The van der Waals surface area contributed by atoms with Crippen LogP contribution < -0.4 is 30.7 Å². The Morgan fingerprint density at radius 1 is 0.667 bits per heavy atom. The number of hydrogen-bond donors (Lipinski definition) is 0. The molecule has 0 heterocycles. The maximum absolute atomic E-state index is 5.74. The van der Waals surface area contributed by atoms with Crippen LogP contribution in [0.1, 0.15) is 22.3 Å². The van der Waals surface area contributed by atoms with Crippen molar-refractivity contribution in [1.29, 1.82) is 0 Å². The number of halogens is 1. The van der Waals surface area contributed by atoms with Crippen molar-refractivity contribution >= 4 is 0 Å². The Hall–Kier alpha value is -2.01. The van der Waals surface area contributed by atoms with Gasteiger partial charge in [0.2, 0.25) is 0 Å². The molecule has 0 N–H and O–H groups in total. The monoisotopic (exact) mass is 471 g/mol. The van der Waals surface area contributed by atoms with Gasteiger partial charge in [-0.2, -0.15) is 0 Å². The van der Waals surface area contributed by atoms with Gasteiger partial charge in [0.1, 0.15) is 0 Å². The second-order valence-corrected chi connectivity index (χ2v) is 9.77. The molecule has 0 fully saturated rings. The summed E-state index contributed by atoms with van der Waals surface area (Å²) in [5.41, 5.74) is 5.57. The van der Waals surface area contributed by atoms with E-state index in [1.165, 1.54) is 29.4 Å². The van der Waals surface area contributed by atoms with Crippen LogP contribution in [-0.4, -0.2) is 14.2 Å². The molecule has 0 aromatic heterocycles. The summed E-state index contributed by atoms with van der Waals surface area (Å²) in [6, 6.07) is 22.4. The van der Waals surface area contributed by atoms with Gasteiger partial charge in [-0.05, 0) is 0 Å². The fourth-order valence-electron chi connectivity index (χ4n) is 3.48. The van der Waals surface area contributed by atoms with Crippen molar-refractivity contribution in [1.82, 2.24) is 0 Å². The van der Waals surface area contributed by atoms with Crippen molar-refractivity contribution < 1.29 is 30.7 Å². The van der Waals surface area contributed by atoms with Gasteiger partial charge in [0.05, 0.1) is 0 Å². The molecule has 4 aliphatic carbocycles. The fraction of sp³-hybridized carbons (Fsp3) is 0.250. The zero-order chi connectivity index (χ0) is 18.6. The van der Waals surface area contributed by atoms with Gasteiger partial charge in [0, 0.05) is 0 Å². The molecule has 3 aromatic rings. The number of hydrogen-bond acceptors (Lipinski definition) is 2. The topological polar surface area (TPSA) is 18.5 Å². The first kappa shape index (κ1) is 18.4. The van der Waals surface area contributed by atoms with Crippen LogP contribution in [0.3, 0.4) is 0 Å². The Bertz CT molecular complexity index is 914. The molecular formula is C24H24IO2-. The number of aryl methyl sites for hydroxylation is 4. The third-order valence-corrected chi connectivity index (χ3v) is 8.03. The standard InChI is InChI=1S/C24H24IO2/c1-26-22-13-11-21(12-14-22)25-23-15-20-10-8-18-5-3-17(4-6-18)7-9-19(23)16-24(20)27-2/h3-6,11-16H,7-10H2,1-2H3/q-1. The fourth-order valence-corrected chi connectivity index (χ4v) is 6.18. The minimum absolute atomic E-state index is 0.233. The summed E-state index contributed by atoms with van der Waals surface area (Å²) in [4.78, 5) is 0. The zero-order valence-electron chi connectivity index (χ0n) is 15.8. The molecule has 4 aliphatic rings. The molecule has 27 heavy (non-hydrogen) atoms. The summed E-state index contributed by atoms with van der Waals surface area (Å²) < 4.78 is 14.0. The quantitative estimate of drug-likeness (QED) is 0.540. The van der Waals surface area contributed by atoms with Crippen LogP contribution in [0, 0.1) is 7.14 Å². The Kier molecular flexibility index (Phi) is 5.67. The molecule has 0 unspecified atom stereocenters. The van der Waals surface area contributed by atoms with Gasteiger partial charge in [0.15, 0.2) is 0 Å². The molecule has 0 saturated carbocycles. The Balaban J connectivity index is 1.70. The van der Waals surface area contributed by atoms with Gasteiger partial charge in [-0.25, -0.2) is 0 Å². The molecule has 3 aromatic carbocycles. The summed E-state index contributed by atoms with van der Waals surface area (Å²) in [5.74, 6) is 1.96. The van der Waals surface area contributed by atoms with Crippen LogP contribution in [0.4, 0.5) is 0 Å². The average Bonchev–Trinajstić information content (AvgIpc) is 2.71. The average molecular weight is 471 g/mol. The summed E-state index contributed by atoms with van der Waals surface area (Å²) in [5, 5.41) is 0. The second-order valence-electron chi connectivity index (χ2n) is 6.82. The summed E-state index contributed by atoms with van der Waals surface area (Å²) >= 11 is -0.233. The Morgan fingerprint density at radius 2 is 1.30 bits per heavy atom. The van der Waals surface area contributed by atoms with Gasteiger partial charge >= 0.3 is 172 Å². The number of methoxy groups -OCH3 is 2. The first-order valence-corrected chi connectivity index (χ1v) is 11.5. The van der Waals surface area contributed by atoms with E-state index in [1.54, 1.807) is 14.2 Å². The van der Waals surface area contributed by atoms with Crippen molar-refractivity contribution in [3.8, 4) is 11.5 Å². The zero-order valence-corrected chi connectivity index (χ0v) is 18.0. The van der Waals surface area contributed by atoms with Gasteiger partial charge in [0.25, 0.3) is 0 Å². The van der Waals surface area contributed by atoms with E-state index in [4.69, 9.17) is 9.47 Å². The number of rotatable bonds is 4. The van der Waals surface area contributed by atoms with Crippen molar-refractivity contribution in [3.63, 3.8) is 0 Å². The molecule has 0 spiro atoms. The summed E-state index contributed by atoms with van der Waals surface area (Å²) in [6.07, 6.45) is 4.20. The SMILES string of the molecule is COc1ccc([I-]c2cc3c(OC)cc2CCc2ccc(cc2)CC3)cc1. The molecule has 0 atom stereocenters. The van der Waals surface area contributed by atoms with E-state index in [1.807, 2.05) is 0 Å². The molecule has 2 nitrogen and oxygen atoms in total. The van der Waals surface area contributed by atoms with Crippen LogP contribution >= 0.6 is 0 Å². The van der Waals surface area contributed by atoms with E-state index in [9.17, 15) is 0 Å². The Morgan fingerprint density at radius 3 is 1.89 bits per heavy atom. The van der Waals surface area contributed by atoms with Gasteiger partial charge in [-0.15, -0.1) is 0 Å². The molecule has 0 radical (unpaired) electrons.